The van der Waals surface area contributed by atoms with E-state index in [0.717, 1.165) is 17.7 Å². The minimum absolute atomic E-state index is 0.0165. The van der Waals surface area contributed by atoms with Crippen molar-refractivity contribution in [2.24, 2.45) is 0 Å². The van der Waals surface area contributed by atoms with Crippen LogP contribution in [-0.4, -0.2) is 20.1 Å². The molecule has 122 valence electrons. The Balaban J connectivity index is 1.92. The summed E-state index contributed by atoms with van der Waals surface area (Å²) in [5.74, 6) is -1.16. The van der Waals surface area contributed by atoms with Crippen molar-refractivity contribution in [1.82, 2.24) is 5.32 Å². The number of hydrogen-bond donors (Lipinski definition) is 1. The summed E-state index contributed by atoms with van der Waals surface area (Å²) < 4.78 is 37.0. The topological polar surface area (TPSA) is 63.2 Å². The summed E-state index contributed by atoms with van der Waals surface area (Å²) in [5.41, 5.74) is 0.947. The van der Waals surface area contributed by atoms with Crippen LogP contribution in [0.25, 0.3) is 0 Å². The van der Waals surface area contributed by atoms with Gasteiger partial charge < -0.3 is 5.32 Å². The summed E-state index contributed by atoms with van der Waals surface area (Å²) in [6.45, 7) is 1.84. The van der Waals surface area contributed by atoms with Gasteiger partial charge in [0.25, 0.3) is 0 Å². The Morgan fingerprint density at radius 3 is 2.30 bits per heavy atom. The van der Waals surface area contributed by atoms with Crippen LogP contribution in [0.4, 0.5) is 4.39 Å². The maximum atomic E-state index is 12.8. The van der Waals surface area contributed by atoms with E-state index in [-0.39, 0.29) is 29.0 Å². The Morgan fingerprint density at radius 2 is 1.70 bits per heavy atom. The van der Waals surface area contributed by atoms with Crippen molar-refractivity contribution in [1.29, 1.82) is 0 Å². The maximum Gasteiger partial charge on any atom is 0.221 e. The highest BCUT2D eigenvalue weighted by atomic mass is 32.2. The molecule has 0 saturated carbocycles. The fourth-order valence-corrected chi connectivity index (χ4v) is 3.37. The van der Waals surface area contributed by atoms with E-state index in [0.29, 0.717) is 0 Å². The normalized spacial score (nSPS) is 12.6. The van der Waals surface area contributed by atoms with Crippen molar-refractivity contribution in [3.8, 4) is 0 Å². The zero-order valence-electron chi connectivity index (χ0n) is 12.7. The van der Waals surface area contributed by atoms with Crippen LogP contribution in [0.5, 0.6) is 0 Å². The van der Waals surface area contributed by atoms with Gasteiger partial charge in [0.1, 0.15) is 5.82 Å². The summed E-state index contributed by atoms with van der Waals surface area (Å²) in [4.78, 5) is 11.9. The highest BCUT2D eigenvalue weighted by molar-refractivity contribution is 7.91. The SMILES string of the molecule is C[C@H](NC(=O)CCS(=O)(=O)c1ccc(F)cc1)c1ccccc1. The second kappa shape index (κ2) is 7.37. The zero-order valence-corrected chi connectivity index (χ0v) is 13.5. The third kappa shape index (κ3) is 4.89. The maximum absolute atomic E-state index is 12.8. The molecular weight excluding hydrogens is 317 g/mol. The van der Waals surface area contributed by atoms with Gasteiger partial charge in [0, 0.05) is 6.42 Å². The molecule has 1 N–H and O–H groups in total. The van der Waals surface area contributed by atoms with Gasteiger partial charge in [-0.1, -0.05) is 30.3 Å². The summed E-state index contributed by atoms with van der Waals surface area (Å²) in [7, 11) is -3.60. The number of hydrogen-bond acceptors (Lipinski definition) is 3. The lowest BCUT2D eigenvalue weighted by molar-refractivity contribution is -0.121. The molecule has 2 rings (SSSR count). The predicted molar refractivity (Wildman–Crippen MR) is 86.1 cm³/mol. The van der Waals surface area contributed by atoms with Crippen molar-refractivity contribution in [2.45, 2.75) is 24.3 Å². The Hall–Kier alpha value is -2.21. The first-order chi connectivity index (χ1) is 10.9. The van der Waals surface area contributed by atoms with E-state index in [1.807, 2.05) is 37.3 Å². The molecular formula is C17H18FNO3S. The first-order valence-corrected chi connectivity index (χ1v) is 8.86. The van der Waals surface area contributed by atoms with Crippen LogP contribution in [0.3, 0.4) is 0 Å². The highest BCUT2D eigenvalue weighted by Gasteiger charge is 2.17. The molecule has 0 aliphatic rings. The number of amides is 1. The average molecular weight is 335 g/mol. The lowest BCUT2D eigenvalue weighted by atomic mass is 10.1. The molecule has 1 amide bonds. The number of rotatable bonds is 6. The van der Waals surface area contributed by atoms with E-state index < -0.39 is 15.7 Å². The number of sulfone groups is 1. The van der Waals surface area contributed by atoms with E-state index in [9.17, 15) is 17.6 Å². The van der Waals surface area contributed by atoms with Crippen LogP contribution < -0.4 is 5.32 Å². The van der Waals surface area contributed by atoms with Crippen molar-refractivity contribution in [2.75, 3.05) is 5.75 Å². The van der Waals surface area contributed by atoms with Gasteiger partial charge in [-0.25, -0.2) is 12.8 Å². The lowest BCUT2D eigenvalue weighted by Crippen LogP contribution is -2.28. The molecule has 0 aliphatic heterocycles. The number of carbonyl (C=O) groups is 1. The smallest absolute Gasteiger partial charge is 0.221 e. The summed E-state index contributed by atoms with van der Waals surface area (Å²) in [6.07, 6.45) is -0.142. The van der Waals surface area contributed by atoms with Gasteiger partial charge in [0.2, 0.25) is 5.91 Å². The largest absolute Gasteiger partial charge is 0.350 e. The number of nitrogens with one attached hydrogen (secondary N) is 1. The number of halogens is 1. The van der Waals surface area contributed by atoms with Gasteiger partial charge in [0.15, 0.2) is 9.84 Å². The molecule has 0 spiro atoms. The molecule has 2 aromatic rings. The van der Waals surface area contributed by atoms with Gasteiger partial charge in [-0.05, 0) is 36.8 Å². The average Bonchev–Trinajstić information content (AvgIpc) is 2.54. The van der Waals surface area contributed by atoms with Crippen molar-refractivity contribution in [3.63, 3.8) is 0 Å². The van der Waals surface area contributed by atoms with Crippen LogP contribution in [0.2, 0.25) is 0 Å². The van der Waals surface area contributed by atoms with Crippen molar-refractivity contribution >= 4 is 15.7 Å². The molecule has 2 aromatic carbocycles. The Labute approximate surface area is 135 Å². The van der Waals surface area contributed by atoms with E-state index in [4.69, 9.17) is 0 Å². The van der Waals surface area contributed by atoms with E-state index in [1.54, 1.807) is 0 Å². The van der Waals surface area contributed by atoms with Gasteiger partial charge >= 0.3 is 0 Å². The quantitative estimate of drug-likeness (QED) is 0.826. The molecule has 1 atom stereocenters. The van der Waals surface area contributed by atoms with Gasteiger partial charge in [-0.3, -0.25) is 4.79 Å². The minimum atomic E-state index is -3.60. The van der Waals surface area contributed by atoms with Crippen LogP contribution in [0, 0.1) is 5.82 Å². The fraction of sp³-hybridized carbons (Fsp3) is 0.235. The van der Waals surface area contributed by atoms with Crippen molar-refractivity contribution < 1.29 is 17.6 Å². The Morgan fingerprint density at radius 1 is 1.09 bits per heavy atom. The molecule has 0 aromatic heterocycles. The third-order valence-electron chi connectivity index (χ3n) is 3.45. The predicted octanol–water partition coefficient (Wildman–Crippen LogP) is 2.87. The second-order valence-corrected chi connectivity index (χ2v) is 7.33. The van der Waals surface area contributed by atoms with Crippen LogP contribution >= 0.6 is 0 Å². The summed E-state index contributed by atoms with van der Waals surface area (Å²) >= 11 is 0. The summed E-state index contributed by atoms with van der Waals surface area (Å²) in [5, 5.41) is 2.77. The molecule has 0 heterocycles. The van der Waals surface area contributed by atoms with E-state index in [1.165, 1.54) is 12.1 Å². The molecule has 23 heavy (non-hydrogen) atoms. The van der Waals surface area contributed by atoms with Gasteiger partial charge in [-0.2, -0.15) is 0 Å². The molecule has 0 aliphatic carbocycles. The number of benzene rings is 2. The minimum Gasteiger partial charge on any atom is -0.350 e. The van der Waals surface area contributed by atoms with E-state index in [2.05, 4.69) is 5.32 Å². The van der Waals surface area contributed by atoms with Gasteiger partial charge in [-0.15, -0.1) is 0 Å². The zero-order chi connectivity index (χ0) is 16.9. The fourth-order valence-electron chi connectivity index (χ4n) is 2.13. The molecule has 4 nitrogen and oxygen atoms in total. The van der Waals surface area contributed by atoms with Crippen LogP contribution in [-0.2, 0) is 14.6 Å². The Bertz CT molecular complexity index is 758. The molecule has 0 fully saturated rings. The molecule has 0 unspecified atom stereocenters. The molecule has 0 radical (unpaired) electrons. The van der Waals surface area contributed by atoms with Crippen LogP contribution in [0.1, 0.15) is 24.9 Å². The second-order valence-electron chi connectivity index (χ2n) is 5.22. The first kappa shape index (κ1) is 17.1. The molecule has 0 bridgehead atoms. The van der Waals surface area contributed by atoms with Crippen molar-refractivity contribution in [3.05, 3.63) is 66.0 Å². The lowest BCUT2D eigenvalue weighted by Gasteiger charge is -2.14. The standard InChI is InChI=1S/C17H18FNO3S/c1-13(14-5-3-2-4-6-14)19-17(20)11-12-23(21,22)16-9-7-15(18)8-10-16/h2-10,13H,11-12H2,1H3,(H,19,20)/t13-/m0/s1. The third-order valence-corrected chi connectivity index (χ3v) is 5.18. The van der Waals surface area contributed by atoms with E-state index >= 15 is 0 Å². The Kier molecular flexibility index (Phi) is 5.50. The summed E-state index contributed by atoms with van der Waals surface area (Å²) in [6, 6.07) is 13.8. The monoisotopic (exact) mass is 335 g/mol. The van der Waals surface area contributed by atoms with Crippen LogP contribution in [0.15, 0.2) is 59.5 Å². The van der Waals surface area contributed by atoms with Gasteiger partial charge in [0.05, 0.1) is 16.7 Å². The number of carbonyl (C=O) groups excluding carboxylic acids is 1. The first-order valence-electron chi connectivity index (χ1n) is 7.21. The highest BCUT2D eigenvalue weighted by Crippen LogP contribution is 2.14. The molecule has 0 saturated heterocycles. The molecule has 6 heteroatoms.